The molecule has 0 spiro atoms. The number of fused-ring (bicyclic) bond motifs is 1. The minimum absolute atomic E-state index is 0.0559. The number of carbonyl (C=O) groups excluding carboxylic acids is 1. The lowest BCUT2D eigenvalue weighted by atomic mass is 9.96. The van der Waals surface area contributed by atoms with Gasteiger partial charge in [0.25, 0.3) is 5.91 Å². The Balaban J connectivity index is 1.86. The fourth-order valence-electron chi connectivity index (χ4n) is 3.87. The van der Waals surface area contributed by atoms with Crippen molar-refractivity contribution in [2.75, 3.05) is 0 Å². The highest BCUT2D eigenvalue weighted by Gasteiger charge is 2.22. The van der Waals surface area contributed by atoms with Crippen molar-refractivity contribution in [2.24, 2.45) is 0 Å². The highest BCUT2D eigenvalue weighted by molar-refractivity contribution is 9.11. The number of nitrogens with one attached hydrogen (secondary N) is 1. The summed E-state index contributed by atoms with van der Waals surface area (Å²) in [7, 11) is 0. The molecule has 3 nitrogen and oxygen atoms in total. The molecule has 156 valence electrons. The summed E-state index contributed by atoms with van der Waals surface area (Å²) in [6.07, 6.45) is 0.807. The number of pyridine rings is 1. The second kappa shape index (κ2) is 9.33. The lowest BCUT2D eigenvalue weighted by Gasteiger charge is -2.20. The molecule has 1 aromatic heterocycles. The first-order chi connectivity index (χ1) is 15.0. The van der Waals surface area contributed by atoms with E-state index in [1.54, 1.807) is 0 Å². The van der Waals surface area contributed by atoms with Gasteiger partial charge in [0.15, 0.2) is 0 Å². The Bertz CT molecular complexity index is 1240. The molecule has 0 aliphatic carbocycles. The molecular weight excluding hydrogens is 516 g/mol. The number of hydrogen-bond acceptors (Lipinski definition) is 2. The van der Waals surface area contributed by atoms with Crippen LogP contribution in [-0.4, -0.2) is 10.9 Å². The van der Waals surface area contributed by atoms with Crippen molar-refractivity contribution in [3.8, 4) is 11.3 Å². The monoisotopic (exact) mass is 536 g/mol. The Morgan fingerprint density at radius 1 is 0.968 bits per heavy atom. The van der Waals surface area contributed by atoms with Gasteiger partial charge >= 0.3 is 0 Å². The third-order valence-electron chi connectivity index (χ3n) is 5.47. The van der Waals surface area contributed by atoms with Crippen molar-refractivity contribution >= 4 is 48.7 Å². The topological polar surface area (TPSA) is 42.0 Å². The maximum Gasteiger partial charge on any atom is 0.252 e. The van der Waals surface area contributed by atoms with Crippen LogP contribution in [0.5, 0.6) is 0 Å². The molecule has 5 heteroatoms. The van der Waals surface area contributed by atoms with Crippen LogP contribution in [-0.2, 0) is 0 Å². The second-order valence-corrected chi connectivity index (χ2v) is 9.22. The molecule has 1 unspecified atom stereocenters. The summed E-state index contributed by atoms with van der Waals surface area (Å²) in [5.74, 6) is -0.0861. The number of amides is 1. The van der Waals surface area contributed by atoms with E-state index >= 15 is 0 Å². The summed E-state index contributed by atoms with van der Waals surface area (Å²) < 4.78 is 1.87. The largest absolute Gasteiger partial charge is 0.345 e. The predicted octanol–water partition coefficient (Wildman–Crippen LogP) is 7.62. The molecule has 0 saturated carbocycles. The first-order valence-electron chi connectivity index (χ1n) is 10.2. The van der Waals surface area contributed by atoms with Crippen LogP contribution >= 0.6 is 31.9 Å². The molecule has 3 aromatic carbocycles. The number of hydrogen-bond donors (Lipinski definition) is 1. The first kappa shape index (κ1) is 21.7. The number of halogens is 2. The van der Waals surface area contributed by atoms with Crippen LogP contribution < -0.4 is 5.32 Å². The van der Waals surface area contributed by atoms with E-state index in [0.29, 0.717) is 5.56 Å². The van der Waals surface area contributed by atoms with E-state index in [0.717, 1.165) is 48.7 Å². The van der Waals surface area contributed by atoms with Crippen LogP contribution in [0.1, 0.15) is 40.9 Å². The van der Waals surface area contributed by atoms with Crippen molar-refractivity contribution in [3.63, 3.8) is 0 Å². The summed E-state index contributed by atoms with van der Waals surface area (Å²) in [6, 6.07) is 23.9. The van der Waals surface area contributed by atoms with E-state index in [-0.39, 0.29) is 11.9 Å². The molecule has 0 aliphatic heterocycles. The quantitative estimate of drug-likeness (QED) is 0.284. The molecule has 31 heavy (non-hydrogen) atoms. The average Bonchev–Trinajstić information content (AvgIpc) is 2.78. The van der Waals surface area contributed by atoms with Gasteiger partial charge in [-0.1, -0.05) is 77.5 Å². The highest BCUT2D eigenvalue weighted by Crippen LogP contribution is 2.33. The molecule has 0 aliphatic rings. The fraction of sp³-hybridized carbons (Fsp3) is 0.154. The molecule has 4 aromatic rings. The zero-order valence-electron chi connectivity index (χ0n) is 17.3. The minimum atomic E-state index is -0.0861. The number of carbonyl (C=O) groups is 1. The molecule has 4 rings (SSSR count). The summed E-state index contributed by atoms with van der Waals surface area (Å²) in [6.45, 7) is 4.06. The maximum atomic E-state index is 13.6. The van der Waals surface area contributed by atoms with Gasteiger partial charge in [0, 0.05) is 19.9 Å². The summed E-state index contributed by atoms with van der Waals surface area (Å²) in [5, 5.41) is 4.09. The Morgan fingerprint density at radius 3 is 2.35 bits per heavy atom. The highest BCUT2D eigenvalue weighted by atomic mass is 79.9. The molecule has 0 fully saturated rings. The fourth-order valence-corrected chi connectivity index (χ4v) is 4.58. The molecule has 0 radical (unpaired) electrons. The maximum absolute atomic E-state index is 13.6. The lowest BCUT2D eigenvalue weighted by molar-refractivity contribution is 0.0936. The third kappa shape index (κ3) is 4.43. The van der Waals surface area contributed by atoms with Crippen LogP contribution in [0.2, 0.25) is 0 Å². The van der Waals surface area contributed by atoms with Crippen LogP contribution in [0, 0.1) is 6.92 Å². The molecule has 1 N–H and O–H groups in total. The van der Waals surface area contributed by atoms with E-state index in [2.05, 4.69) is 56.2 Å². The van der Waals surface area contributed by atoms with Crippen molar-refractivity contribution in [3.05, 3.63) is 98.4 Å². The van der Waals surface area contributed by atoms with E-state index < -0.39 is 0 Å². The number of nitrogens with zero attached hydrogens (tertiary/aromatic N) is 1. The molecule has 1 atom stereocenters. The Kier molecular flexibility index (Phi) is 6.54. The van der Waals surface area contributed by atoms with Gasteiger partial charge in [0.2, 0.25) is 0 Å². The normalized spacial score (nSPS) is 12.0. The third-order valence-corrected chi connectivity index (χ3v) is 6.64. The van der Waals surface area contributed by atoms with Crippen molar-refractivity contribution in [1.82, 2.24) is 10.3 Å². The lowest BCUT2D eigenvalue weighted by Crippen LogP contribution is -2.29. The van der Waals surface area contributed by atoms with Crippen molar-refractivity contribution < 1.29 is 4.79 Å². The number of rotatable bonds is 5. The van der Waals surface area contributed by atoms with Gasteiger partial charge in [-0.25, -0.2) is 4.98 Å². The van der Waals surface area contributed by atoms with Gasteiger partial charge in [0.1, 0.15) is 0 Å². The Labute approximate surface area is 199 Å². The first-order valence-corrected chi connectivity index (χ1v) is 11.8. The van der Waals surface area contributed by atoms with Gasteiger partial charge in [-0.3, -0.25) is 4.79 Å². The van der Waals surface area contributed by atoms with E-state index in [4.69, 9.17) is 4.98 Å². The molecule has 0 saturated heterocycles. The number of aromatic nitrogens is 1. The van der Waals surface area contributed by atoms with E-state index in [9.17, 15) is 4.79 Å². The smallest absolute Gasteiger partial charge is 0.252 e. The van der Waals surface area contributed by atoms with Crippen LogP contribution in [0.25, 0.3) is 22.2 Å². The zero-order chi connectivity index (χ0) is 22.0. The van der Waals surface area contributed by atoms with Crippen molar-refractivity contribution in [1.29, 1.82) is 0 Å². The Hall–Kier alpha value is -2.50. The summed E-state index contributed by atoms with van der Waals surface area (Å²) >= 11 is 7.11. The zero-order valence-corrected chi connectivity index (χ0v) is 20.5. The molecule has 1 heterocycles. The van der Waals surface area contributed by atoms with Gasteiger partial charge in [-0.05, 0) is 58.6 Å². The van der Waals surface area contributed by atoms with Crippen LogP contribution in [0.3, 0.4) is 0 Å². The minimum Gasteiger partial charge on any atom is -0.345 e. The summed E-state index contributed by atoms with van der Waals surface area (Å²) in [5.41, 5.74) is 5.20. The average molecular weight is 538 g/mol. The number of para-hydroxylation sites is 1. The van der Waals surface area contributed by atoms with Crippen LogP contribution in [0.15, 0.2) is 81.7 Å². The van der Waals surface area contributed by atoms with Gasteiger partial charge in [0.05, 0.1) is 22.8 Å². The van der Waals surface area contributed by atoms with Crippen LogP contribution in [0.4, 0.5) is 0 Å². The second-order valence-electron chi connectivity index (χ2n) is 7.45. The SMILES string of the molecule is CCC(NC(=O)c1c(C)c(-c2ccc(Br)cc2)nc2c(Br)cccc12)c1ccccc1. The predicted molar refractivity (Wildman–Crippen MR) is 134 cm³/mol. The number of benzene rings is 3. The molecule has 0 bridgehead atoms. The standard InChI is InChI=1S/C26H22Br2N2O/c1-3-22(17-8-5-4-6-9-17)29-26(31)23-16(2)24(18-12-14-19(27)15-13-18)30-25-20(23)10-7-11-21(25)28/h4-15,22H,3H2,1-2H3,(H,29,31). The van der Waals surface area contributed by atoms with Gasteiger partial charge < -0.3 is 5.32 Å². The molecular formula is C26H22Br2N2O. The van der Waals surface area contributed by atoms with E-state index in [1.807, 2.05) is 67.6 Å². The molecule has 1 amide bonds. The van der Waals surface area contributed by atoms with E-state index in [1.165, 1.54) is 0 Å². The van der Waals surface area contributed by atoms with Crippen molar-refractivity contribution in [2.45, 2.75) is 26.3 Å². The van der Waals surface area contributed by atoms with Gasteiger partial charge in [-0.15, -0.1) is 0 Å². The Morgan fingerprint density at radius 2 is 1.68 bits per heavy atom. The summed E-state index contributed by atoms with van der Waals surface area (Å²) in [4.78, 5) is 18.5. The van der Waals surface area contributed by atoms with Gasteiger partial charge in [-0.2, -0.15) is 0 Å².